The molecule has 0 spiro atoms. The summed E-state index contributed by atoms with van der Waals surface area (Å²) in [5.74, 6) is 1.83. The van der Waals surface area contributed by atoms with E-state index in [0.29, 0.717) is 13.2 Å². The van der Waals surface area contributed by atoms with Crippen molar-refractivity contribution >= 4 is 48.2 Å². The number of ether oxygens (including phenoxy) is 2. The molecule has 2 heterocycles. The molecule has 0 aliphatic rings. The van der Waals surface area contributed by atoms with Crippen molar-refractivity contribution in [2.75, 3.05) is 13.2 Å². The maximum Gasteiger partial charge on any atom is 0.386 e. The Hall–Kier alpha value is -2.38. The summed E-state index contributed by atoms with van der Waals surface area (Å²) >= 11 is 3.50. The van der Waals surface area contributed by atoms with Gasteiger partial charge in [0.05, 0.1) is 34.7 Å². The summed E-state index contributed by atoms with van der Waals surface area (Å²) in [5, 5.41) is 1.04. The lowest BCUT2D eigenvalue weighted by Gasteiger charge is -2.18. The molecule has 0 N–H and O–H groups in total. The molecule has 5 nitrogen and oxygen atoms in total. The van der Waals surface area contributed by atoms with Gasteiger partial charge in [-0.05, 0) is 79.2 Å². The standard InChI is InChI=1S/C30H42N3O2S2/c1-9-34-21-11-13-23-25(19-21)36-27(32(23)17-15-29(3,4)5)31-28-33(18-16-30(6,7)8)24-14-12-22(35-10-2)20-26(24)37-28/h11-14,19-20H,9-10,15-18H2,1-8H3/q+1. The maximum atomic E-state index is 5.80. The van der Waals surface area contributed by atoms with E-state index in [9.17, 15) is 0 Å². The van der Waals surface area contributed by atoms with E-state index >= 15 is 0 Å². The second-order valence-corrected chi connectivity index (χ2v) is 13.9. The third kappa shape index (κ3) is 6.94. The first kappa shape index (κ1) is 27.6. The number of rotatable bonds is 9. The highest BCUT2D eigenvalue weighted by Crippen LogP contribution is 2.32. The van der Waals surface area contributed by atoms with E-state index in [4.69, 9.17) is 14.5 Å². The smallest absolute Gasteiger partial charge is 0.386 e. The molecule has 0 radical (unpaired) electrons. The van der Waals surface area contributed by atoms with E-state index in [1.54, 1.807) is 22.7 Å². The monoisotopic (exact) mass is 540 g/mol. The van der Waals surface area contributed by atoms with Crippen LogP contribution in [0.3, 0.4) is 0 Å². The maximum absolute atomic E-state index is 5.80. The largest absolute Gasteiger partial charge is 0.494 e. The van der Waals surface area contributed by atoms with Gasteiger partial charge in [0.15, 0.2) is 0 Å². The van der Waals surface area contributed by atoms with Crippen molar-refractivity contribution < 1.29 is 14.0 Å². The third-order valence-electron chi connectivity index (χ3n) is 6.29. The van der Waals surface area contributed by atoms with Crippen molar-refractivity contribution in [1.82, 2.24) is 4.57 Å². The Kier molecular flexibility index (Phi) is 8.34. The fourth-order valence-electron chi connectivity index (χ4n) is 4.20. The molecule has 0 atom stereocenters. The van der Waals surface area contributed by atoms with Crippen molar-refractivity contribution in [3.8, 4) is 11.5 Å². The second-order valence-electron chi connectivity index (χ2n) is 11.9. The molecule has 0 unspecified atom stereocenters. The molecule has 0 amide bonds. The van der Waals surface area contributed by atoms with Crippen molar-refractivity contribution in [3.05, 3.63) is 41.2 Å². The fraction of sp³-hybridized carbons (Fsp3) is 0.533. The van der Waals surface area contributed by atoms with E-state index in [1.807, 2.05) is 13.8 Å². The highest BCUT2D eigenvalue weighted by Gasteiger charge is 2.23. The summed E-state index contributed by atoms with van der Waals surface area (Å²) in [6.07, 6.45) is 2.15. The van der Waals surface area contributed by atoms with Gasteiger partial charge in [0.1, 0.15) is 17.0 Å². The molecule has 37 heavy (non-hydrogen) atoms. The minimum absolute atomic E-state index is 0.240. The molecule has 0 saturated heterocycles. The van der Waals surface area contributed by atoms with Gasteiger partial charge in [-0.1, -0.05) is 52.9 Å². The highest BCUT2D eigenvalue weighted by atomic mass is 32.1. The van der Waals surface area contributed by atoms with E-state index < -0.39 is 0 Å². The number of thiazole rings is 2. The predicted octanol–water partition coefficient (Wildman–Crippen LogP) is 8.11. The normalized spacial score (nSPS) is 13.1. The zero-order valence-electron chi connectivity index (χ0n) is 23.7. The van der Waals surface area contributed by atoms with Crippen LogP contribution in [0, 0.1) is 10.8 Å². The predicted molar refractivity (Wildman–Crippen MR) is 158 cm³/mol. The van der Waals surface area contributed by atoms with Gasteiger partial charge in [-0.25, -0.2) is 4.57 Å². The van der Waals surface area contributed by atoms with Gasteiger partial charge in [0.2, 0.25) is 0 Å². The Labute approximate surface area is 229 Å². The summed E-state index contributed by atoms with van der Waals surface area (Å²) in [6.45, 7) is 21.0. The van der Waals surface area contributed by atoms with E-state index in [1.165, 1.54) is 20.4 Å². The number of hydrogen-bond acceptors (Lipinski definition) is 5. The van der Waals surface area contributed by atoms with Gasteiger partial charge in [-0.3, -0.25) is 4.57 Å². The number of hydrogen-bond donors (Lipinski definition) is 0. The van der Waals surface area contributed by atoms with Crippen molar-refractivity contribution in [2.24, 2.45) is 15.8 Å². The van der Waals surface area contributed by atoms with Gasteiger partial charge in [-0.2, -0.15) is 0 Å². The van der Waals surface area contributed by atoms with Crippen LogP contribution in [0.25, 0.3) is 20.4 Å². The molecule has 7 heteroatoms. The lowest BCUT2D eigenvalue weighted by atomic mass is 9.92. The van der Waals surface area contributed by atoms with Crippen LogP contribution >= 0.6 is 22.7 Å². The molecule has 0 bridgehead atoms. The molecule has 4 rings (SSSR count). The average molecular weight is 541 g/mol. The van der Waals surface area contributed by atoms with Gasteiger partial charge in [0, 0.05) is 17.6 Å². The molecule has 0 aliphatic carbocycles. The number of aryl methyl sites for hydroxylation is 2. The summed E-state index contributed by atoms with van der Waals surface area (Å²) in [5.41, 5.74) is 2.92. The summed E-state index contributed by atoms with van der Waals surface area (Å²) in [7, 11) is 0. The van der Waals surface area contributed by atoms with Gasteiger partial charge < -0.3 is 9.47 Å². The number of benzene rings is 2. The van der Waals surface area contributed by atoms with Crippen molar-refractivity contribution in [1.29, 1.82) is 0 Å². The summed E-state index contributed by atoms with van der Waals surface area (Å²) in [4.78, 5) is 6.39. The SMILES string of the molecule is CCOc1ccc2c(c1)sc(=Nc1sc3cc(OCC)ccc3[n+]1CCC(C)(C)C)n2CCC(C)(C)C. The van der Waals surface area contributed by atoms with Gasteiger partial charge in [-0.15, -0.1) is 0 Å². The van der Waals surface area contributed by atoms with Crippen LogP contribution in [0.1, 0.15) is 68.2 Å². The topological polar surface area (TPSA) is 39.6 Å². The molecule has 0 aliphatic heterocycles. The van der Waals surface area contributed by atoms with Gasteiger partial charge >= 0.3 is 9.93 Å². The van der Waals surface area contributed by atoms with Crippen LogP contribution in [0.5, 0.6) is 11.5 Å². The van der Waals surface area contributed by atoms with Crippen LogP contribution in [0.4, 0.5) is 5.13 Å². The number of aromatic nitrogens is 2. The van der Waals surface area contributed by atoms with Crippen LogP contribution < -0.4 is 18.8 Å². The molecule has 4 aromatic rings. The highest BCUT2D eigenvalue weighted by molar-refractivity contribution is 7.21. The van der Waals surface area contributed by atoms with Crippen LogP contribution in [0.2, 0.25) is 0 Å². The second kappa shape index (κ2) is 11.2. The molecule has 2 aromatic carbocycles. The zero-order chi connectivity index (χ0) is 26.8. The molecule has 0 saturated carbocycles. The van der Waals surface area contributed by atoms with Crippen LogP contribution in [-0.2, 0) is 13.1 Å². The first-order valence-electron chi connectivity index (χ1n) is 13.4. The lowest BCUT2D eigenvalue weighted by Crippen LogP contribution is -2.35. The van der Waals surface area contributed by atoms with E-state index in [2.05, 4.69) is 87.1 Å². The van der Waals surface area contributed by atoms with Crippen molar-refractivity contribution in [3.63, 3.8) is 0 Å². The zero-order valence-corrected chi connectivity index (χ0v) is 25.3. The first-order chi connectivity index (χ1) is 17.5. The Morgan fingerprint density at radius 3 is 2.05 bits per heavy atom. The minimum atomic E-state index is 0.240. The minimum Gasteiger partial charge on any atom is -0.494 e. The molecular weight excluding hydrogens is 498 g/mol. The summed E-state index contributed by atoms with van der Waals surface area (Å²) in [6, 6.07) is 12.8. The first-order valence-corrected chi connectivity index (χ1v) is 15.0. The average Bonchev–Trinajstić information content (AvgIpc) is 3.32. The van der Waals surface area contributed by atoms with E-state index in [0.717, 1.165) is 47.4 Å². The van der Waals surface area contributed by atoms with Crippen LogP contribution in [0.15, 0.2) is 41.4 Å². The van der Waals surface area contributed by atoms with Gasteiger partial charge in [0.25, 0.3) is 0 Å². The Balaban J connectivity index is 1.89. The third-order valence-corrected chi connectivity index (χ3v) is 8.37. The molecule has 0 fully saturated rings. The summed E-state index contributed by atoms with van der Waals surface area (Å²) < 4.78 is 18.8. The molecule has 200 valence electrons. The molecular formula is C30H42N3O2S2+. The van der Waals surface area contributed by atoms with Crippen molar-refractivity contribution in [2.45, 2.75) is 81.3 Å². The van der Waals surface area contributed by atoms with Crippen LogP contribution in [-0.4, -0.2) is 17.8 Å². The number of fused-ring (bicyclic) bond motifs is 2. The Morgan fingerprint density at radius 1 is 0.811 bits per heavy atom. The number of nitrogens with zero attached hydrogens (tertiary/aromatic N) is 3. The fourth-order valence-corrected chi connectivity index (χ4v) is 6.43. The Bertz CT molecular complexity index is 1430. The Morgan fingerprint density at radius 2 is 1.43 bits per heavy atom. The lowest BCUT2D eigenvalue weighted by molar-refractivity contribution is -0.657. The quantitative estimate of drug-likeness (QED) is 0.201. The van der Waals surface area contributed by atoms with E-state index in [-0.39, 0.29) is 10.8 Å². The molecule has 2 aromatic heterocycles.